The molecule has 2 atom stereocenters. The molecule has 1 N–H and O–H groups in total. The lowest BCUT2D eigenvalue weighted by atomic mass is 10.00. The highest BCUT2D eigenvalue weighted by Gasteiger charge is 2.36. The molecule has 170 valence electrons. The summed E-state index contributed by atoms with van der Waals surface area (Å²) in [5.74, 6) is 0.877. The van der Waals surface area contributed by atoms with Crippen LogP contribution in [0.25, 0.3) is 28.0 Å². The van der Waals surface area contributed by atoms with Crippen LogP contribution in [0.4, 0.5) is 5.82 Å². The lowest BCUT2D eigenvalue weighted by molar-refractivity contribution is 0.0212. The summed E-state index contributed by atoms with van der Waals surface area (Å²) in [6.07, 6.45) is 2.10. The van der Waals surface area contributed by atoms with Gasteiger partial charge in [-0.25, -0.2) is 14.5 Å². The number of aryl methyl sites for hydroxylation is 1. The molecule has 2 saturated heterocycles. The van der Waals surface area contributed by atoms with Gasteiger partial charge >= 0.3 is 0 Å². The lowest BCUT2D eigenvalue weighted by Gasteiger charge is -2.25. The molecule has 0 aliphatic carbocycles. The topological polar surface area (TPSA) is 91.4 Å². The zero-order valence-corrected chi connectivity index (χ0v) is 19.3. The predicted octanol–water partition coefficient (Wildman–Crippen LogP) is 3.47. The number of nitriles is 1. The number of nitrogens with zero attached hydrogens (tertiary/aromatic N) is 6. The van der Waals surface area contributed by atoms with Crippen LogP contribution in [0.1, 0.15) is 11.3 Å². The van der Waals surface area contributed by atoms with E-state index in [4.69, 9.17) is 26.4 Å². The van der Waals surface area contributed by atoms with Gasteiger partial charge in [0.15, 0.2) is 5.65 Å². The van der Waals surface area contributed by atoms with Crippen molar-refractivity contribution in [1.29, 1.82) is 5.26 Å². The zero-order valence-electron chi connectivity index (χ0n) is 18.6. The average molecular weight is 472 g/mol. The Balaban J connectivity index is 1.52. The Hall–Kier alpha value is -3.51. The van der Waals surface area contributed by atoms with Crippen molar-refractivity contribution < 1.29 is 4.74 Å². The highest BCUT2D eigenvalue weighted by atomic mass is 35.5. The molecule has 0 spiro atoms. The number of ether oxygens (including phenoxy) is 1. The SMILES string of the molecule is Cc1cc(-c2c(-c3cccc(C#N)c3)nn3ccc(N4CC5NCCOC5C4)nc23)cc(Cl)n1. The number of hydrogen-bond acceptors (Lipinski definition) is 7. The Labute approximate surface area is 201 Å². The minimum Gasteiger partial charge on any atom is -0.373 e. The van der Waals surface area contributed by atoms with Crippen molar-refractivity contribution in [2.75, 3.05) is 31.1 Å². The lowest BCUT2D eigenvalue weighted by Crippen LogP contribution is -2.47. The number of halogens is 1. The quantitative estimate of drug-likeness (QED) is 0.457. The molecule has 34 heavy (non-hydrogen) atoms. The number of aromatic nitrogens is 4. The second-order valence-electron chi connectivity index (χ2n) is 8.66. The van der Waals surface area contributed by atoms with Gasteiger partial charge in [-0.1, -0.05) is 23.7 Å². The van der Waals surface area contributed by atoms with Crippen LogP contribution in [-0.2, 0) is 4.74 Å². The third-order valence-corrected chi connectivity index (χ3v) is 6.57. The van der Waals surface area contributed by atoms with Gasteiger partial charge in [-0.05, 0) is 42.8 Å². The van der Waals surface area contributed by atoms with E-state index in [1.54, 1.807) is 10.6 Å². The number of hydrogen-bond donors (Lipinski definition) is 1. The molecule has 4 aromatic rings. The summed E-state index contributed by atoms with van der Waals surface area (Å²) in [4.78, 5) is 11.6. The first-order valence-electron chi connectivity index (χ1n) is 11.2. The minimum atomic E-state index is 0.169. The van der Waals surface area contributed by atoms with E-state index < -0.39 is 0 Å². The fraction of sp³-hybridized carbons (Fsp3) is 0.280. The molecular formula is C25H22ClN7O. The summed E-state index contributed by atoms with van der Waals surface area (Å²) in [5, 5.41) is 18.2. The van der Waals surface area contributed by atoms with Gasteiger partial charge in [0, 0.05) is 37.1 Å². The first-order chi connectivity index (χ1) is 16.6. The van der Waals surface area contributed by atoms with E-state index in [2.05, 4.69) is 21.3 Å². The molecule has 0 radical (unpaired) electrons. The molecule has 8 nitrogen and oxygen atoms in total. The highest BCUT2D eigenvalue weighted by Crippen LogP contribution is 2.36. The van der Waals surface area contributed by atoms with E-state index in [9.17, 15) is 5.26 Å². The first-order valence-corrected chi connectivity index (χ1v) is 11.6. The van der Waals surface area contributed by atoms with Crippen molar-refractivity contribution in [2.45, 2.75) is 19.1 Å². The standard InChI is InChI=1S/C25H22ClN7O/c1-15-9-18(11-21(26)29-15)23-24(17-4-2-3-16(10-17)12-27)31-33-7-5-22(30-25(23)33)32-13-19-20(14-32)34-8-6-28-19/h2-5,7,9-11,19-20,28H,6,8,13-14H2,1H3. The smallest absolute Gasteiger partial charge is 0.165 e. The number of fused-ring (bicyclic) bond motifs is 2. The Kier molecular flexibility index (Phi) is 5.18. The molecule has 6 rings (SSSR count). The van der Waals surface area contributed by atoms with Gasteiger partial charge in [0.2, 0.25) is 0 Å². The summed E-state index contributed by atoms with van der Waals surface area (Å²) in [7, 11) is 0. The van der Waals surface area contributed by atoms with Crippen LogP contribution >= 0.6 is 11.6 Å². The normalized spacial score (nSPS) is 19.9. The zero-order chi connectivity index (χ0) is 23.2. The van der Waals surface area contributed by atoms with Crippen molar-refractivity contribution in [3.8, 4) is 28.5 Å². The van der Waals surface area contributed by atoms with Crippen molar-refractivity contribution in [3.05, 3.63) is 65.1 Å². The molecule has 2 fully saturated rings. The van der Waals surface area contributed by atoms with E-state index in [0.717, 1.165) is 65.8 Å². The number of nitrogens with one attached hydrogen (secondary N) is 1. The van der Waals surface area contributed by atoms with Crippen molar-refractivity contribution in [3.63, 3.8) is 0 Å². The average Bonchev–Trinajstić information content (AvgIpc) is 3.45. The van der Waals surface area contributed by atoms with E-state index in [-0.39, 0.29) is 6.10 Å². The Morgan fingerprint density at radius 2 is 2.06 bits per heavy atom. The van der Waals surface area contributed by atoms with Crippen LogP contribution in [0, 0.1) is 18.3 Å². The van der Waals surface area contributed by atoms with Gasteiger partial charge in [-0.2, -0.15) is 10.4 Å². The Bertz CT molecular complexity index is 1410. The minimum absolute atomic E-state index is 0.169. The summed E-state index contributed by atoms with van der Waals surface area (Å²) < 4.78 is 7.73. The molecule has 2 aliphatic heterocycles. The maximum absolute atomic E-state index is 9.42. The summed E-state index contributed by atoms with van der Waals surface area (Å²) in [5.41, 5.74) is 5.43. The van der Waals surface area contributed by atoms with Gasteiger partial charge in [-0.15, -0.1) is 0 Å². The number of morpholine rings is 1. The van der Waals surface area contributed by atoms with Gasteiger partial charge < -0.3 is 15.0 Å². The van der Waals surface area contributed by atoms with E-state index in [0.29, 0.717) is 16.8 Å². The van der Waals surface area contributed by atoms with Gasteiger partial charge in [0.25, 0.3) is 0 Å². The third kappa shape index (κ3) is 3.68. The summed E-state index contributed by atoms with van der Waals surface area (Å²) in [6, 6.07) is 15.8. The predicted molar refractivity (Wildman–Crippen MR) is 130 cm³/mol. The largest absolute Gasteiger partial charge is 0.373 e. The maximum Gasteiger partial charge on any atom is 0.165 e. The number of benzene rings is 1. The summed E-state index contributed by atoms with van der Waals surface area (Å²) in [6.45, 7) is 5.16. The maximum atomic E-state index is 9.42. The molecule has 9 heteroatoms. The van der Waals surface area contributed by atoms with Crippen LogP contribution in [-0.4, -0.2) is 58.0 Å². The van der Waals surface area contributed by atoms with Gasteiger partial charge in [-0.3, -0.25) is 0 Å². The molecule has 2 unspecified atom stereocenters. The van der Waals surface area contributed by atoms with Crippen LogP contribution < -0.4 is 10.2 Å². The summed E-state index contributed by atoms with van der Waals surface area (Å²) >= 11 is 6.34. The number of pyridine rings is 1. The Morgan fingerprint density at radius 1 is 1.15 bits per heavy atom. The molecule has 0 saturated carbocycles. The molecule has 0 bridgehead atoms. The monoisotopic (exact) mass is 471 g/mol. The van der Waals surface area contributed by atoms with Crippen LogP contribution in [0.5, 0.6) is 0 Å². The van der Waals surface area contributed by atoms with E-state index >= 15 is 0 Å². The first kappa shape index (κ1) is 21.1. The van der Waals surface area contributed by atoms with Gasteiger partial charge in [0.05, 0.1) is 35.9 Å². The number of rotatable bonds is 3. The fourth-order valence-electron chi connectivity index (χ4n) is 4.85. The van der Waals surface area contributed by atoms with Crippen molar-refractivity contribution in [2.24, 2.45) is 0 Å². The van der Waals surface area contributed by atoms with E-state index in [1.807, 2.05) is 49.5 Å². The molecule has 2 aliphatic rings. The third-order valence-electron chi connectivity index (χ3n) is 6.38. The molecule has 0 amide bonds. The van der Waals surface area contributed by atoms with Crippen molar-refractivity contribution >= 4 is 23.1 Å². The molecule has 3 aromatic heterocycles. The van der Waals surface area contributed by atoms with Crippen LogP contribution in [0.2, 0.25) is 5.15 Å². The number of anilines is 1. The van der Waals surface area contributed by atoms with Crippen LogP contribution in [0.3, 0.4) is 0 Å². The Morgan fingerprint density at radius 3 is 2.88 bits per heavy atom. The second kappa shape index (κ2) is 8.37. The molecular weight excluding hydrogens is 450 g/mol. The van der Waals surface area contributed by atoms with E-state index in [1.165, 1.54) is 0 Å². The fourth-order valence-corrected chi connectivity index (χ4v) is 5.10. The van der Waals surface area contributed by atoms with Crippen molar-refractivity contribution in [1.82, 2.24) is 24.9 Å². The molecule has 5 heterocycles. The van der Waals surface area contributed by atoms with Gasteiger partial charge in [0.1, 0.15) is 16.7 Å². The van der Waals surface area contributed by atoms with Crippen LogP contribution in [0.15, 0.2) is 48.7 Å². The molecule has 1 aromatic carbocycles. The highest BCUT2D eigenvalue weighted by molar-refractivity contribution is 6.29. The second-order valence-corrected chi connectivity index (χ2v) is 9.05.